The monoisotopic (exact) mass is 306 g/mol. The Kier molecular flexibility index (Phi) is 4.49. The molecule has 1 aliphatic carbocycles. The van der Waals surface area contributed by atoms with Gasteiger partial charge in [0.2, 0.25) is 0 Å². The van der Waals surface area contributed by atoms with Crippen LogP contribution in [0.25, 0.3) is 0 Å². The fourth-order valence-electron chi connectivity index (χ4n) is 6.09. The predicted octanol–water partition coefficient (Wildman–Crippen LogP) is 3.09. The average molecular weight is 306 g/mol. The highest BCUT2D eigenvalue weighted by Gasteiger charge is 2.49. The lowest BCUT2D eigenvalue weighted by atomic mass is 9.67. The first kappa shape index (κ1) is 15.4. The largest absolute Gasteiger partial charge is 0.370 e. The number of hydrogen-bond acceptors (Lipinski definition) is 3. The molecule has 1 saturated carbocycles. The molecule has 3 saturated heterocycles. The summed E-state index contributed by atoms with van der Waals surface area (Å²) in [5.41, 5.74) is 0.149. The van der Waals surface area contributed by atoms with Crippen LogP contribution in [-0.2, 0) is 4.74 Å². The molecule has 4 unspecified atom stereocenters. The third-order valence-corrected chi connectivity index (χ3v) is 7.35. The van der Waals surface area contributed by atoms with Gasteiger partial charge in [-0.05, 0) is 75.8 Å². The summed E-state index contributed by atoms with van der Waals surface area (Å²) in [5, 5.41) is 7.42. The van der Waals surface area contributed by atoms with Gasteiger partial charge in [0.1, 0.15) is 0 Å². The first-order valence-electron chi connectivity index (χ1n) is 9.94. The summed E-state index contributed by atoms with van der Waals surface area (Å²) in [7, 11) is 0. The molecule has 4 rings (SSSR count). The van der Waals surface area contributed by atoms with E-state index < -0.39 is 0 Å². The maximum atomic E-state index is 6.93. The zero-order valence-corrected chi connectivity index (χ0v) is 14.3. The van der Waals surface area contributed by atoms with Crippen molar-refractivity contribution in [3.63, 3.8) is 0 Å². The lowest BCUT2D eigenvalue weighted by Gasteiger charge is -2.54. The van der Waals surface area contributed by atoms with E-state index in [4.69, 9.17) is 4.74 Å². The first-order chi connectivity index (χ1) is 10.8. The van der Waals surface area contributed by atoms with Gasteiger partial charge in [0, 0.05) is 12.6 Å². The van der Waals surface area contributed by atoms with Gasteiger partial charge in [-0.2, -0.15) is 0 Å². The molecule has 6 atom stereocenters. The van der Waals surface area contributed by atoms with Crippen molar-refractivity contribution in [3.8, 4) is 0 Å². The lowest BCUT2D eigenvalue weighted by molar-refractivity contribution is -0.198. The van der Waals surface area contributed by atoms with Crippen molar-refractivity contribution in [2.45, 2.75) is 82.5 Å². The van der Waals surface area contributed by atoms with Crippen LogP contribution in [0.1, 0.15) is 64.7 Å². The number of hydrogen-bond donors (Lipinski definition) is 2. The predicted molar refractivity (Wildman–Crippen MR) is 90.0 cm³/mol. The van der Waals surface area contributed by atoms with E-state index in [1.165, 1.54) is 70.9 Å². The molecule has 0 bridgehead atoms. The number of piperidine rings is 2. The highest BCUT2D eigenvalue weighted by Crippen LogP contribution is 2.46. The Balaban J connectivity index is 1.50. The summed E-state index contributed by atoms with van der Waals surface area (Å²) in [4.78, 5) is 0. The van der Waals surface area contributed by atoms with Gasteiger partial charge >= 0.3 is 0 Å². The van der Waals surface area contributed by atoms with E-state index in [-0.39, 0.29) is 5.60 Å². The van der Waals surface area contributed by atoms with Gasteiger partial charge in [-0.1, -0.05) is 19.8 Å². The second-order valence-electron chi connectivity index (χ2n) is 8.28. The minimum Gasteiger partial charge on any atom is -0.370 e. The van der Waals surface area contributed by atoms with Gasteiger partial charge in [0.05, 0.1) is 11.7 Å². The number of ether oxygens (including phenoxy) is 1. The molecule has 0 spiro atoms. The quantitative estimate of drug-likeness (QED) is 0.822. The van der Waals surface area contributed by atoms with E-state index in [1.54, 1.807) is 0 Å². The van der Waals surface area contributed by atoms with Crippen molar-refractivity contribution in [3.05, 3.63) is 0 Å². The van der Waals surface area contributed by atoms with Crippen molar-refractivity contribution in [1.82, 2.24) is 10.6 Å². The van der Waals surface area contributed by atoms with E-state index in [1.807, 2.05) is 0 Å². The Morgan fingerprint density at radius 1 is 0.955 bits per heavy atom. The maximum Gasteiger partial charge on any atom is 0.0835 e. The van der Waals surface area contributed by atoms with Crippen LogP contribution in [0.3, 0.4) is 0 Å². The van der Waals surface area contributed by atoms with E-state index in [2.05, 4.69) is 17.6 Å². The SMILES string of the molecule is CC[C@]12CNCC[C@H]1CCC(C1CCNC3CCCCC31)O2. The van der Waals surface area contributed by atoms with Crippen molar-refractivity contribution >= 4 is 0 Å². The van der Waals surface area contributed by atoms with E-state index in [0.29, 0.717) is 6.10 Å². The summed E-state index contributed by atoms with van der Waals surface area (Å²) in [6.45, 7) is 5.84. The Bertz CT molecular complexity index is 386. The average Bonchev–Trinajstić information content (AvgIpc) is 2.60. The van der Waals surface area contributed by atoms with Gasteiger partial charge < -0.3 is 15.4 Å². The third-order valence-electron chi connectivity index (χ3n) is 7.35. The molecule has 3 heteroatoms. The molecule has 0 radical (unpaired) electrons. The Hall–Kier alpha value is -0.120. The second kappa shape index (κ2) is 6.41. The van der Waals surface area contributed by atoms with Crippen LogP contribution >= 0.6 is 0 Å². The van der Waals surface area contributed by atoms with Crippen LogP contribution in [0, 0.1) is 17.8 Å². The highest BCUT2D eigenvalue weighted by molar-refractivity contribution is 5.01. The van der Waals surface area contributed by atoms with Crippen LogP contribution in [0.2, 0.25) is 0 Å². The molecule has 3 nitrogen and oxygen atoms in total. The molecule has 0 aromatic rings. The zero-order chi connectivity index (χ0) is 15.0. The smallest absolute Gasteiger partial charge is 0.0835 e. The standard InChI is InChI=1S/C19H34N2O/c1-2-19-13-20-11-9-14(19)7-8-18(22-19)16-10-12-21-17-6-4-3-5-15(16)17/h14-18,20-21H,2-13H2,1H3/t14-,15?,16?,17?,18?,19+/m1/s1. The summed E-state index contributed by atoms with van der Waals surface area (Å²) in [6.07, 6.45) is 12.8. The third kappa shape index (κ3) is 2.63. The molecule has 0 amide bonds. The highest BCUT2D eigenvalue weighted by atomic mass is 16.5. The number of nitrogens with one attached hydrogen (secondary N) is 2. The fourth-order valence-corrected chi connectivity index (χ4v) is 6.09. The van der Waals surface area contributed by atoms with Crippen molar-refractivity contribution in [2.75, 3.05) is 19.6 Å². The first-order valence-corrected chi connectivity index (χ1v) is 9.94. The molecular weight excluding hydrogens is 272 g/mol. The molecule has 3 aliphatic heterocycles. The molecule has 126 valence electrons. The van der Waals surface area contributed by atoms with Crippen molar-refractivity contribution < 1.29 is 4.74 Å². The Morgan fingerprint density at radius 3 is 2.77 bits per heavy atom. The Labute approximate surface area is 135 Å². The summed E-state index contributed by atoms with van der Waals surface area (Å²) in [6, 6.07) is 0.788. The number of rotatable bonds is 2. The van der Waals surface area contributed by atoms with Gasteiger partial charge in [-0.25, -0.2) is 0 Å². The summed E-state index contributed by atoms with van der Waals surface area (Å²) >= 11 is 0. The second-order valence-corrected chi connectivity index (χ2v) is 8.28. The van der Waals surface area contributed by atoms with Crippen LogP contribution in [0.4, 0.5) is 0 Å². The van der Waals surface area contributed by atoms with Crippen LogP contribution in [0.15, 0.2) is 0 Å². The topological polar surface area (TPSA) is 33.3 Å². The molecule has 0 aromatic heterocycles. The van der Waals surface area contributed by atoms with E-state index in [9.17, 15) is 0 Å². The maximum absolute atomic E-state index is 6.93. The van der Waals surface area contributed by atoms with E-state index in [0.717, 1.165) is 30.3 Å². The van der Waals surface area contributed by atoms with Gasteiger partial charge in [0.25, 0.3) is 0 Å². The molecule has 0 aromatic carbocycles. The minimum atomic E-state index is 0.149. The molecule has 3 heterocycles. The molecular formula is C19H34N2O. The van der Waals surface area contributed by atoms with Crippen LogP contribution < -0.4 is 10.6 Å². The van der Waals surface area contributed by atoms with Gasteiger partial charge in [-0.15, -0.1) is 0 Å². The Morgan fingerprint density at radius 2 is 1.86 bits per heavy atom. The minimum absolute atomic E-state index is 0.149. The molecule has 4 aliphatic rings. The van der Waals surface area contributed by atoms with E-state index >= 15 is 0 Å². The molecule has 4 fully saturated rings. The number of fused-ring (bicyclic) bond motifs is 2. The van der Waals surface area contributed by atoms with Crippen molar-refractivity contribution in [2.24, 2.45) is 17.8 Å². The van der Waals surface area contributed by atoms with Crippen LogP contribution in [-0.4, -0.2) is 37.4 Å². The van der Waals surface area contributed by atoms with Gasteiger partial charge in [0.15, 0.2) is 0 Å². The fraction of sp³-hybridized carbons (Fsp3) is 1.00. The van der Waals surface area contributed by atoms with Crippen LogP contribution in [0.5, 0.6) is 0 Å². The summed E-state index contributed by atoms with van der Waals surface area (Å²) < 4.78 is 6.93. The lowest BCUT2D eigenvalue weighted by Crippen LogP contribution is -2.60. The van der Waals surface area contributed by atoms with Crippen molar-refractivity contribution in [1.29, 1.82) is 0 Å². The zero-order valence-electron chi connectivity index (χ0n) is 14.3. The van der Waals surface area contributed by atoms with Gasteiger partial charge in [-0.3, -0.25) is 0 Å². The molecule has 2 N–H and O–H groups in total. The normalized spacial score (nSPS) is 49.2. The molecule has 22 heavy (non-hydrogen) atoms. The summed E-state index contributed by atoms with van der Waals surface area (Å²) in [5.74, 6) is 2.51.